The molecular weight excluding hydrogens is 757 g/mol. The summed E-state index contributed by atoms with van der Waals surface area (Å²) in [5, 5.41) is 0. The quantitative estimate of drug-likeness (QED) is 0.0264. The molecular formula is C55H86O6. The van der Waals surface area contributed by atoms with Gasteiger partial charge in [0.2, 0.25) is 0 Å². The number of rotatable bonds is 41. The number of carbonyl (C=O) groups excluding carboxylic acids is 3. The predicted molar refractivity (Wildman–Crippen MR) is 260 cm³/mol. The number of ether oxygens (including phenoxy) is 3. The molecule has 6 nitrogen and oxygen atoms in total. The van der Waals surface area contributed by atoms with Gasteiger partial charge < -0.3 is 14.2 Å². The lowest BCUT2D eigenvalue weighted by molar-refractivity contribution is -0.166. The van der Waals surface area contributed by atoms with Gasteiger partial charge in [0.05, 0.1) is 12.8 Å². The highest BCUT2D eigenvalue weighted by molar-refractivity contribution is 5.72. The second kappa shape index (κ2) is 48.5. The van der Waals surface area contributed by atoms with Gasteiger partial charge in [-0.25, -0.2) is 0 Å². The van der Waals surface area contributed by atoms with E-state index in [9.17, 15) is 14.4 Å². The zero-order valence-corrected chi connectivity index (χ0v) is 38.9. The molecule has 0 saturated carbocycles. The molecule has 0 aromatic carbocycles. The van der Waals surface area contributed by atoms with Gasteiger partial charge in [-0.15, -0.1) is 0 Å². The normalized spacial score (nSPS) is 13.2. The predicted octanol–water partition coefficient (Wildman–Crippen LogP) is 15.7. The van der Waals surface area contributed by atoms with Crippen LogP contribution in [0, 0.1) is 0 Å². The van der Waals surface area contributed by atoms with Crippen LogP contribution in [0.3, 0.4) is 0 Å². The van der Waals surface area contributed by atoms with E-state index in [-0.39, 0.29) is 32.0 Å². The van der Waals surface area contributed by atoms with Crippen LogP contribution in [0.5, 0.6) is 0 Å². The molecule has 0 fully saturated rings. The van der Waals surface area contributed by atoms with Crippen molar-refractivity contribution < 1.29 is 28.6 Å². The molecule has 1 atom stereocenters. The third-order valence-corrected chi connectivity index (χ3v) is 9.53. The standard InChI is InChI=1S/C55H86O6/c1-4-7-10-13-16-19-22-25-27-30-33-36-39-42-45-48-54(57)60-51-52(50-59-53(56)47-44-41-38-35-32-29-24-21-18-15-12-9-6-3)61-55(58)49-46-43-40-37-34-31-28-26-23-20-17-14-11-8-5-2/h7-8,10-11,16-17,19-20,25-28,33-34,36-37,42-43,45-46,52H,4-6,9,12-15,18,21-24,29-32,35,38-41,44,47-51H2,1-3H3/b10-7-,11-8-,19-16-,20-17-,27-25-,28-26-,36-33-,37-34-,45-42-,46-43-. The number of unbranched alkanes of at least 4 members (excludes halogenated alkanes) is 12. The molecule has 0 aliphatic carbocycles. The summed E-state index contributed by atoms with van der Waals surface area (Å²) in [6.45, 7) is 6.21. The van der Waals surface area contributed by atoms with E-state index in [1.807, 2.05) is 12.2 Å². The molecule has 0 aliphatic heterocycles. The van der Waals surface area contributed by atoms with Crippen molar-refractivity contribution in [1.82, 2.24) is 0 Å². The lowest BCUT2D eigenvalue weighted by Gasteiger charge is -2.17. The monoisotopic (exact) mass is 843 g/mol. The average Bonchev–Trinajstić information content (AvgIpc) is 3.26. The van der Waals surface area contributed by atoms with Gasteiger partial charge in [-0.1, -0.05) is 219 Å². The van der Waals surface area contributed by atoms with Gasteiger partial charge in [0.15, 0.2) is 6.10 Å². The summed E-state index contributed by atoms with van der Waals surface area (Å²) in [6.07, 6.45) is 66.6. The smallest absolute Gasteiger partial charge is 0.310 e. The highest BCUT2D eigenvalue weighted by Gasteiger charge is 2.19. The van der Waals surface area contributed by atoms with Gasteiger partial charge in [-0.05, 0) is 70.6 Å². The summed E-state index contributed by atoms with van der Waals surface area (Å²) in [7, 11) is 0. The van der Waals surface area contributed by atoms with Crippen molar-refractivity contribution in [1.29, 1.82) is 0 Å². The Balaban J connectivity index is 4.66. The van der Waals surface area contributed by atoms with Gasteiger partial charge in [0.25, 0.3) is 0 Å². The van der Waals surface area contributed by atoms with Crippen molar-refractivity contribution in [3.8, 4) is 0 Å². The molecule has 0 rings (SSSR count). The Bertz CT molecular complexity index is 1340. The first kappa shape index (κ1) is 56.8. The SMILES string of the molecule is CC/C=C\C/C=C\C/C=C\C/C=C\C/C=C\CC(=O)OCC(COC(=O)CCCCCCCCCCCCCCC)OC(=O)C/C=C\C/C=C\C/C=C\C/C=C\C/C=C\CC. The van der Waals surface area contributed by atoms with E-state index in [1.165, 1.54) is 64.2 Å². The number of esters is 3. The average molecular weight is 843 g/mol. The van der Waals surface area contributed by atoms with E-state index in [1.54, 1.807) is 12.2 Å². The van der Waals surface area contributed by atoms with E-state index in [2.05, 4.69) is 118 Å². The second-order valence-electron chi connectivity index (χ2n) is 15.3. The molecule has 0 radical (unpaired) electrons. The maximum Gasteiger partial charge on any atom is 0.310 e. The fourth-order valence-electron chi connectivity index (χ4n) is 6.00. The lowest BCUT2D eigenvalue weighted by atomic mass is 10.0. The van der Waals surface area contributed by atoms with Crippen LogP contribution in [0.15, 0.2) is 122 Å². The summed E-state index contributed by atoms with van der Waals surface area (Å²) >= 11 is 0. The summed E-state index contributed by atoms with van der Waals surface area (Å²) in [5.74, 6) is -1.22. The molecule has 6 heteroatoms. The molecule has 0 bridgehead atoms. The van der Waals surface area contributed by atoms with E-state index in [4.69, 9.17) is 14.2 Å². The van der Waals surface area contributed by atoms with Crippen LogP contribution in [-0.2, 0) is 28.6 Å². The van der Waals surface area contributed by atoms with Gasteiger partial charge in [-0.2, -0.15) is 0 Å². The van der Waals surface area contributed by atoms with Crippen LogP contribution in [0.4, 0.5) is 0 Å². The van der Waals surface area contributed by atoms with Crippen LogP contribution in [0.2, 0.25) is 0 Å². The topological polar surface area (TPSA) is 78.9 Å². The molecule has 0 heterocycles. The minimum atomic E-state index is -0.872. The third kappa shape index (κ3) is 46.7. The summed E-state index contributed by atoms with van der Waals surface area (Å²) in [4.78, 5) is 37.7. The Hall–Kier alpha value is -4.19. The summed E-state index contributed by atoms with van der Waals surface area (Å²) in [6, 6.07) is 0. The molecule has 61 heavy (non-hydrogen) atoms. The molecule has 0 amide bonds. The zero-order valence-electron chi connectivity index (χ0n) is 38.9. The Labute approximate surface area is 373 Å². The Kier molecular flexibility index (Phi) is 45.1. The third-order valence-electron chi connectivity index (χ3n) is 9.53. The molecule has 0 N–H and O–H groups in total. The number of hydrogen-bond acceptors (Lipinski definition) is 6. The molecule has 0 aliphatic rings. The van der Waals surface area contributed by atoms with Gasteiger partial charge in [-0.3, -0.25) is 14.4 Å². The molecule has 0 saturated heterocycles. The Morgan fingerprint density at radius 1 is 0.344 bits per heavy atom. The van der Waals surface area contributed by atoms with Crippen LogP contribution in [-0.4, -0.2) is 37.2 Å². The number of hydrogen-bond donors (Lipinski definition) is 0. The first-order chi connectivity index (χ1) is 30.0. The van der Waals surface area contributed by atoms with Crippen LogP contribution < -0.4 is 0 Å². The first-order valence-corrected chi connectivity index (χ1v) is 24.0. The fourth-order valence-corrected chi connectivity index (χ4v) is 6.00. The van der Waals surface area contributed by atoms with Gasteiger partial charge in [0.1, 0.15) is 13.2 Å². The Morgan fingerprint density at radius 3 is 1.00 bits per heavy atom. The highest BCUT2D eigenvalue weighted by Crippen LogP contribution is 2.13. The van der Waals surface area contributed by atoms with E-state index >= 15 is 0 Å². The van der Waals surface area contributed by atoms with Crippen molar-refractivity contribution >= 4 is 17.9 Å². The number of allylic oxidation sites excluding steroid dienone is 18. The van der Waals surface area contributed by atoms with Crippen molar-refractivity contribution in [2.45, 2.75) is 194 Å². The van der Waals surface area contributed by atoms with Crippen LogP contribution >= 0.6 is 0 Å². The molecule has 0 aromatic rings. The highest BCUT2D eigenvalue weighted by atomic mass is 16.6. The summed E-state index contributed by atoms with van der Waals surface area (Å²) < 4.78 is 16.5. The largest absolute Gasteiger partial charge is 0.462 e. The van der Waals surface area contributed by atoms with Crippen LogP contribution in [0.1, 0.15) is 188 Å². The maximum atomic E-state index is 12.7. The van der Waals surface area contributed by atoms with Gasteiger partial charge in [0, 0.05) is 6.42 Å². The van der Waals surface area contributed by atoms with Crippen molar-refractivity contribution in [3.63, 3.8) is 0 Å². The molecule has 342 valence electrons. The fraction of sp³-hybridized carbons (Fsp3) is 0.582. The lowest BCUT2D eigenvalue weighted by Crippen LogP contribution is -2.30. The molecule has 1 unspecified atom stereocenters. The van der Waals surface area contributed by atoms with E-state index in [0.717, 1.165) is 77.0 Å². The second-order valence-corrected chi connectivity index (χ2v) is 15.3. The van der Waals surface area contributed by atoms with Crippen molar-refractivity contribution in [2.75, 3.05) is 13.2 Å². The van der Waals surface area contributed by atoms with Gasteiger partial charge >= 0.3 is 17.9 Å². The molecule has 0 spiro atoms. The maximum absolute atomic E-state index is 12.7. The van der Waals surface area contributed by atoms with E-state index < -0.39 is 18.0 Å². The minimum Gasteiger partial charge on any atom is -0.462 e. The van der Waals surface area contributed by atoms with E-state index in [0.29, 0.717) is 12.8 Å². The number of carbonyl (C=O) groups is 3. The summed E-state index contributed by atoms with van der Waals surface area (Å²) in [5.41, 5.74) is 0. The molecule has 0 aromatic heterocycles. The van der Waals surface area contributed by atoms with Crippen LogP contribution in [0.25, 0.3) is 0 Å². The Morgan fingerprint density at radius 2 is 0.639 bits per heavy atom. The van der Waals surface area contributed by atoms with Crippen molar-refractivity contribution in [2.24, 2.45) is 0 Å². The van der Waals surface area contributed by atoms with Crippen molar-refractivity contribution in [3.05, 3.63) is 122 Å². The zero-order chi connectivity index (χ0) is 44.4. The first-order valence-electron chi connectivity index (χ1n) is 24.0. The minimum absolute atomic E-state index is 0.0743.